The van der Waals surface area contributed by atoms with E-state index in [2.05, 4.69) is 10.3 Å². The first kappa shape index (κ1) is 13.5. The van der Waals surface area contributed by atoms with Crippen LogP contribution in [0.25, 0.3) is 0 Å². The van der Waals surface area contributed by atoms with Gasteiger partial charge in [-0.3, -0.25) is 4.98 Å². The fraction of sp³-hybridized carbons (Fsp3) is 0.267. The first-order chi connectivity index (χ1) is 9.20. The van der Waals surface area contributed by atoms with Crippen molar-refractivity contribution in [3.63, 3.8) is 0 Å². The molecule has 2 aromatic rings. The summed E-state index contributed by atoms with van der Waals surface area (Å²) >= 11 is 0. The number of nitrogens with zero attached hydrogens (tertiary/aromatic N) is 1. The summed E-state index contributed by atoms with van der Waals surface area (Å²) in [5.41, 5.74) is 1.70. The van der Waals surface area contributed by atoms with Crippen molar-refractivity contribution >= 4 is 0 Å². The predicted molar refractivity (Wildman–Crippen MR) is 72.4 cm³/mol. The van der Waals surface area contributed by atoms with E-state index in [1.54, 1.807) is 18.3 Å². The molecule has 0 bridgehead atoms. The molecule has 1 aromatic heterocycles. The zero-order valence-corrected chi connectivity index (χ0v) is 11.1. The molecule has 0 saturated heterocycles. The average molecular weight is 260 g/mol. The second kappa shape index (κ2) is 6.29. The van der Waals surface area contributed by atoms with Gasteiger partial charge in [-0.2, -0.15) is 0 Å². The minimum Gasteiger partial charge on any atom is -0.497 e. The minimum absolute atomic E-state index is 0.121. The molecule has 1 N–H and O–H groups in total. The van der Waals surface area contributed by atoms with Crippen molar-refractivity contribution in [2.75, 3.05) is 7.11 Å². The number of methoxy groups -OCH3 is 1. The van der Waals surface area contributed by atoms with Crippen molar-refractivity contribution in [3.8, 4) is 5.75 Å². The number of rotatable bonds is 5. The lowest BCUT2D eigenvalue weighted by atomic mass is 10.1. The van der Waals surface area contributed by atoms with Crippen LogP contribution < -0.4 is 10.1 Å². The second-order valence-electron chi connectivity index (χ2n) is 4.35. The SMILES string of the molecule is COc1ccc(CNC(C)c2cccnc2)c(F)c1. The molecule has 1 aromatic carbocycles. The lowest BCUT2D eigenvalue weighted by Gasteiger charge is -2.14. The van der Waals surface area contributed by atoms with Gasteiger partial charge in [0.2, 0.25) is 0 Å². The van der Waals surface area contributed by atoms with Crippen LogP contribution in [0.2, 0.25) is 0 Å². The monoisotopic (exact) mass is 260 g/mol. The van der Waals surface area contributed by atoms with E-state index in [1.807, 2.05) is 25.3 Å². The molecular formula is C15H17FN2O. The molecule has 1 unspecified atom stereocenters. The number of ether oxygens (including phenoxy) is 1. The molecule has 1 atom stereocenters. The molecule has 3 nitrogen and oxygen atoms in total. The molecule has 0 saturated carbocycles. The van der Waals surface area contributed by atoms with E-state index in [0.717, 1.165) is 5.56 Å². The molecule has 1 heterocycles. The van der Waals surface area contributed by atoms with Crippen LogP contribution in [0.1, 0.15) is 24.1 Å². The largest absolute Gasteiger partial charge is 0.497 e. The van der Waals surface area contributed by atoms with Gasteiger partial charge < -0.3 is 10.1 Å². The molecule has 0 fully saturated rings. The van der Waals surface area contributed by atoms with Crippen LogP contribution in [-0.2, 0) is 6.54 Å². The number of hydrogen-bond acceptors (Lipinski definition) is 3. The third kappa shape index (κ3) is 3.51. The lowest BCUT2D eigenvalue weighted by Crippen LogP contribution is -2.18. The van der Waals surface area contributed by atoms with Gasteiger partial charge in [-0.25, -0.2) is 4.39 Å². The maximum absolute atomic E-state index is 13.8. The van der Waals surface area contributed by atoms with Crippen LogP contribution in [0.3, 0.4) is 0 Å². The van der Waals surface area contributed by atoms with E-state index >= 15 is 0 Å². The number of pyridine rings is 1. The highest BCUT2D eigenvalue weighted by atomic mass is 19.1. The van der Waals surface area contributed by atoms with Crippen molar-refractivity contribution in [1.29, 1.82) is 0 Å². The van der Waals surface area contributed by atoms with Crippen LogP contribution in [0.4, 0.5) is 4.39 Å². The summed E-state index contributed by atoms with van der Waals surface area (Å²) in [7, 11) is 1.52. The number of hydrogen-bond donors (Lipinski definition) is 1. The van der Waals surface area contributed by atoms with Gasteiger partial charge in [-0.1, -0.05) is 12.1 Å². The molecule has 19 heavy (non-hydrogen) atoms. The highest BCUT2D eigenvalue weighted by molar-refractivity contribution is 5.29. The van der Waals surface area contributed by atoms with Crippen molar-refractivity contribution in [2.45, 2.75) is 19.5 Å². The van der Waals surface area contributed by atoms with Crippen molar-refractivity contribution in [3.05, 3.63) is 59.7 Å². The lowest BCUT2D eigenvalue weighted by molar-refractivity contribution is 0.410. The summed E-state index contributed by atoms with van der Waals surface area (Å²) in [5.74, 6) is 0.270. The summed E-state index contributed by atoms with van der Waals surface area (Å²) in [6, 6.07) is 8.89. The van der Waals surface area contributed by atoms with Gasteiger partial charge in [-0.05, 0) is 24.6 Å². The molecule has 0 spiro atoms. The maximum Gasteiger partial charge on any atom is 0.131 e. The van der Waals surface area contributed by atoms with E-state index in [9.17, 15) is 4.39 Å². The van der Waals surface area contributed by atoms with Crippen LogP contribution >= 0.6 is 0 Å². The van der Waals surface area contributed by atoms with Crippen LogP contribution in [0.15, 0.2) is 42.7 Å². The smallest absolute Gasteiger partial charge is 0.131 e. The van der Waals surface area contributed by atoms with Crippen molar-refractivity contribution < 1.29 is 9.13 Å². The minimum atomic E-state index is -0.259. The molecule has 0 radical (unpaired) electrons. The normalized spacial score (nSPS) is 12.2. The van der Waals surface area contributed by atoms with Crippen LogP contribution in [0.5, 0.6) is 5.75 Å². The topological polar surface area (TPSA) is 34.1 Å². The van der Waals surface area contributed by atoms with Gasteiger partial charge in [-0.15, -0.1) is 0 Å². The summed E-state index contributed by atoms with van der Waals surface area (Å²) in [6.07, 6.45) is 3.54. The number of halogens is 1. The number of benzene rings is 1. The molecule has 100 valence electrons. The van der Waals surface area contributed by atoms with E-state index in [-0.39, 0.29) is 11.9 Å². The number of nitrogens with one attached hydrogen (secondary N) is 1. The Morgan fingerprint density at radius 1 is 1.37 bits per heavy atom. The summed E-state index contributed by atoms with van der Waals surface area (Å²) < 4.78 is 18.7. The summed E-state index contributed by atoms with van der Waals surface area (Å²) in [5, 5.41) is 3.27. The van der Waals surface area contributed by atoms with Gasteiger partial charge in [0.15, 0.2) is 0 Å². The first-order valence-electron chi connectivity index (χ1n) is 6.16. The van der Waals surface area contributed by atoms with Gasteiger partial charge in [0.1, 0.15) is 11.6 Å². The van der Waals surface area contributed by atoms with Gasteiger partial charge in [0, 0.05) is 36.6 Å². The Hall–Kier alpha value is -1.94. The standard InChI is InChI=1S/C15H17FN2O/c1-11(12-4-3-7-17-9-12)18-10-13-5-6-14(19-2)8-15(13)16/h3-9,11,18H,10H2,1-2H3. The predicted octanol–water partition coefficient (Wildman–Crippen LogP) is 3.08. The Morgan fingerprint density at radius 2 is 2.21 bits per heavy atom. The third-order valence-corrected chi connectivity index (χ3v) is 3.04. The Bertz CT molecular complexity index is 531. The third-order valence-electron chi connectivity index (χ3n) is 3.04. The summed E-state index contributed by atoms with van der Waals surface area (Å²) in [6.45, 7) is 2.49. The zero-order valence-electron chi connectivity index (χ0n) is 11.1. The van der Waals surface area contributed by atoms with E-state index in [1.165, 1.54) is 13.2 Å². The molecule has 0 aliphatic heterocycles. The molecule has 0 aliphatic rings. The maximum atomic E-state index is 13.8. The Balaban J connectivity index is 1.99. The van der Waals surface area contributed by atoms with Crippen LogP contribution in [0, 0.1) is 5.82 Å². The van der Waals surface area contributed by atoms with Gasteiger partial charge >= 0.3 is 0 Å². The number of aromatic nitrogens is 1. The Labute approximate surface area is 112 Å². The molecule has 4 heteroatoms. The molecular weight excluding hydrogens is 243 g/mol. The fourth-order valence-electron chi connectivity index (χ4n) is 1.81. The Kier molecular flexibility index (Phi) is 4.47. The quantitative estimate of drug-likeness (QED) is 0.897. The second-order valence-corrected chi connectivity index (χ2v) is 4.35. The van der Waals surface area contributed by atoms with E-state index in [0.29, 0.717) is 17.9 Å². The molecule has 0 aliphatic carbocycles. The zero-order chi connectivity index (χ0) is 13.7. The average Bonchev–Trinajstić information content (AvgIpc) is 2.46. The molecule has 2 rings (SSSR count). The van der Waals surface area contributed by atoms with Gasteiger partial charge in [0.25, 0.3) is 0 Å². The first-order valence-corrected chi connectivity index (χ1v) is 6.16. The van der Waals surface area contributed by atoms with E-state index < -0.39 is 0 Å². The fourth-order valence-corrected chi connectivity index (χ4v) is 1.81. The highest BCUT2D eigenvalue weighted by Gasteiger charge is 2.07. The Morgan fingerprint density at radius 3 is 2.84 bits per heavy atom. The van der Waals surface area contributed by atoms with Gasteiger partial charge in [0.05, 0.1) is 7.11 Å². The van der Waals surface area contributed by atoms with Crippen molar-refractivity contribution in [1.82, 2.24) is 10.3 Å². The summed E-state index contributed by atoms with van der Waals surface area (Å²) in [4.78, 5) is 4.07. The van der Waals surface area contributed by atoms with E-state index in [4.69, 9.17) is 4.74 Å². The molecule has 0 amide bonds. The van der Waals surface area contributed by atoms with Crippen LogP contribution in [-0.4, -0.2) is 12.1 Å². The van der Waals surface area contributed by atoms with Crippen molar-refractivity contribution in [2.24, 2.45) is 0 Å². The highest BCUT2D eigenvalue weighted by Crippen LogP contribution is 2.17.